The van der Waals surface area contributed by atoms with Crippen LogP contribution in [0.4, 0.5) is 0 Å². The summed E-state index contributed by atoms with van der Waals surface area (Å²) in [5, 5.41) is 17.3. The van der Waals surface area contributed by atoms with Crippen LogP contribution in [0.25, 0.3) is 0 Å². The fourth-order valence-electron chi connectivity index (χ4n) is 1.50. The van der Waals surface area contributed by atoms with Gasteiger partial charge in [-0.15, -0.1) is 0 Å². The number of aliphatic hydroxyl groups excluding tert-OH is 1. The summed E-state index contributed by atoms with van der Waals surface area (Å²) >= 11 is 0. The van der Waals surface area contributed by atoms with Gasteiger partial charge in [0, 0.05) is 19.3 Å². The van der Waals surface area contributed by atoms with Crippen molar-refractivity contribution in [1.82, 2.24) is 15.1 Å². The first-order chi connectivity index (χ1) is 7.15. The van der Waals surface area contributed by atoms with Crippen molar-refractivity contribution >= 4 is 0 Å². The van der Waals surface area contributed by atoms with Crippen LogP contribution >= 0.6 is 0 Å². The first kappa shape index (κ1) is 12.2. The van der Waals surface area contributed by atoms with Crippen LogP contribution in [0.5, 0.6) is 0 Å². The molecule has 0 spiro atoms. The quantitative estimate of drug-likeness (QED) is 0.743. The van der Waals surface area contributed by atoms with Gasteiger partial charge in [0.15, 0.2) is 0 Å². The standard InChI is InChI=1S/C11H21N3O/c1-4-14-10(5-6-13-14)11(15)8-12-7-9(2)3/h5-6,9,11-12,15H,4,7-8H2,1-3H3. The summed E-state index contributed by atoms with van der Waals surface area (Å²) in [4.78, 5) is 0. The number of nitrogens with zero attached hydrogens (tertiary/aromatic N) is 2. The Balaban J connectivity index is 2.43. The van der Waals surface area contributed by atoms with E-state index >= 15 is 0 Å². The highest BCUT2D eigenvalue weighted by Gasteiger charge is 2.11. The van der Waals surface area contributed by atoms with Crippen LogP contribution in [0, 0.1) is 5.92 Å². The van der Waals surface area contributed by atoms with Crippen LogP contribution in [0.3, 0.4) is 0 Å². The summed E-state index contributed by atoms with van der Waals surface area (Å²) in [5.74, 6) is 0.605. The Morgan fingerprint density at radius 3 is 2.80 bits per heavy atom. The Bertz CT molecular complexity index is 283. The maximum Gasteiger partial charge on any atom is 0.108 e. The summed E-state index contributed by atoms with van der Waals surface area (Å²) in [6.07, 6.45) is 1.26. The summed E-state index contributed by atoms with van der Waals surface area (Å²) in [7, 11) is 0. The topological polar surface area (TPSA) is 50.1 Å². The fourth-order valence-corrected chi connectivity index (χ4v) is 1.50. The molecule has 0 aliphatic heterocycles. The van der Waals surface area contributed by atoms with Crippen LogP contribution < -0.4 is 5.32 Å². The zero-order valence-electron chi connectivity index (χ0n) is 9.77. The Labute approximate surface area is 91.3 Å². The number of hydrogen-bond acceptors (Lipinski definition) is 3. The van der Waals surface area contributed by atoms with Gasteiger partial charge in [-0.1, -0.05) is 13.8 Å². The van der Waals surface area contributed by atoms with Gasteiger partial charge in [0.1, 0.15) is 6.10 Å². The molecule has 0 aromatic carbocycles. The summed E-state index contributed by atoms with van der Waals surface area (Å²) in [5.41, 5.74) is 0.883. The van der Waals surface area contributed by atoms with Crippen molar-refractivity contribution in [1.29, 1.82) is 0 Å². The molecular weight excluding hydrogens is 190 g/mol. The van der Waals surface area contributed by atoms with Crippen LogP contribution in [0.1, 0.15) is 32.6 Å². The van der Waals surface area contributed by atoms with E-state index in [4.69, 9.17) is 0 Å². The number of aryl methyl sites for hydroxylation is 1. The molecule has 2 N–H and O–H groups in total. The predicted octanol–water partition coefficient (Wildman–Crippen LogP) is 1.18. The van der Waals surface area contributed by atoms with Crippen molar-refractivity contribution in [3.63, 3.8) is 0 Å². The number of rotatable bonds is 6. The van der Waals surface area contributed by atoms with Crippen LogP contribution in [0.2, 0.25) is 0 Å². The van der Waals surface area contributed by atoms with Gasteiger partial charge in [-0.2, -0.15) is 5.10 Å². The van der Waals surface area contributed by atoms with Gasteiger partial charge in [0.25, 0.3) is 0 Å². The van der Waals surface area contributed by atoms with Crippen molar-refractivity contribution < 1.29 is 5.11 Å². The third-order valence-electron chi connectivity index (χ3n) is 2.28. The molecule has 15 heavy (non-hydrogen) atoms. The van der Waals surface area contributed by atoms with Gasteiger partial charge in [0.05, 0.1) is 5.69 Å². The largest absolute Gasteiger partial charge is 0.385 e. The summed E-state index contributed by atoms with van der Waals surface area (Å²) in [6, 6.07) is 1.87. The lowest BCUT2D eigenvalue weighted by molar-refractivity contribution is 0.162. The summed E-state index contributed by atoms with van der Waals surface area (Å²) < 4.78 is 1.82. The predicted molar refractivity (Wildman–Crippen MR) is 60.6 cm³/mol. The molecule has 1 atom stereocenters. The fraction of sp³-hybridized carbons (Fsp3) is 0.727. The van der Waals surface area contributed by atoms with Gasteiger partial charge in [-0.3, -0.25) is 4.68 Å². The van der Waals surface area contributed by atoms with Crippen molar-refractivity contribution in [2.24, 2.45) is 5.92 Å². The molecule has 0 amide bonds. The van der Waals surface area contributed by atoms with Crippen LogP contribution in [0.15, 0.2) is 12.3 Å². The van der Waals surface area contributed by atoms with Crippen molar-refractivity contribution in [3.8, 4) is 0 Å². The number of aliphatic hydroxyl groups is 1. The number of nitrogens with one attached hydrogen (secondary N) is 1. The van der Waals surface area contributed by atoms with Gasteiger partial charge in [-0.05, 0) is 25.5 Å². The SMILES string of the molecule is CCn1nccc1C(O)CNCC(C)C. The molecule has 0 saturated heterocycles. The first-order valence-corrected chi connectivity index (χ1v) is 5.55. The highest BCUT2D eigenvalue weighted by Crippen LogP contribution is 2.10. The van der Waals surface area contributed by atoms with E-state index in [1.54, 1.807) is 6.20 Å². The van der Waals surface area contributed by atoms with E-state index in [9.17, 15) is 5.11 Å². The average Bonchev–Trinajstić information content (AvgIpc) is 2.64. The van der Waals surface area contributed by atoms with Crippen LogP contribution in [-0.4, -0.2) is 28.0 Å². The molecule has 0 aliphatic rings. The molecular formula is C11H21N3O. The zero-order chi connectivity index (χ0) is 11.3. The monoisotopic (exact) mass is 211 g/mol. The Hall–Kier alpha value is -0.870. The molecule has 1 aromatic rings. The minimum atomic E-state index is -0.466. The lowest BCUT2D eigenvalue weighted by Gasteiger charge is -2.14. The van der Waals surface area contributed by atoms with E-state index in [2.05, 4.69) is 24.3 Å². The second-order valence-electron chi connectivity index (χ2n) is 4.14. The molecule has 0 bridgehead atoms. The second kappa shape index (κ2) is 5.88. The normalized spacial score (nSPS) is 13.4. The molecule has 86 valence electrons. The molecule has 0 fully saturated rings. The lowest BCUT2D eigenvalue weighted by atomic mass is 10.2. The third kappa shape index (κ3) is 3.64. The Morgan fingerprint density at radius 1 is 1.47 bits per heavy atom. The number of aromatic nitrogens is 2. The van der Waals surface area contributed by atoms with Gasteiger partial charge in [-0.25, -0.2) is 0 Å². The van der Waals surface area contributed by atoms with Crippen molar-refractivity contribution in [2.75, 3.05) is 13.1 Å². The smallest absolute Gasteiger partial charge is 0.108 e. The van der Waals surface area contributed by atoms with E-state index in [0.717, 1.165) is 18.8 Å². The third-order valence-corrected chi connectivity index (χ3v) is 2.28. The molecule has 0 aliphatic carbocycles. The minimum Gasteiger partial charge on any atom is -0.385 e. The maximum atomic E-state index is 9.91. The highest BCUT2D eigenvalue weighted by molar-refractivity contribution is 5.04. The second-order valence-corrected chi connectivity index (χ2v) is 4.14. The van der Waals surface area contributed by atoms with Gasteiger partial charge < -0.3 is 10.4 Å². The van der Waals surface area contributed by atoms with E-state index in [1.807, 2.05) is 17.7 Å². The number of hydrogen-bond donors (Lipinski definition) is 2. The molecule has 0 saturated carbocycles. The van der Waals surface area contributed by atoms with Crippen molar-refractivity contribution in [2.45, 2.75) is 33.4 Å². The van der Waals surface area contributed by atoms with Crippen molar-refractivity contribution in [3.05, 3.63) is 18.0 Å². The van der Waals surface area contributed by atoms with E-state index in [1.165, 1.54) is 0 Å². The minimum absolute atomic E-state index is 0.466. The van der Waals surface area contributed by atoms with Gasteiger partial charge >= 0.3 is 0 Å². The lowest BCUT2D eigenvalue weighted by Crippen LogP contribution is -2.26. The molecule has 1 rings (SSSR count). The molecule has 4 nitrogen and oxygen atoms in total. The maximum absolute atomic E-state index is 9.91. The van der Waals surface area contributed by atoms with E-state index in [-0.39, 0.29) is 0 Å². The van der Waals surface area contributed by atoms with Gasteiger partial charge in [0.2, 0.25) is 0 Å². The van der Waals surface area contributed by atoms with E-state index < -0.39 is 6.10 Å². The highest BCUT2D eigenvalue weighted by atomic mass is 16.3. The first-order valence-electron chi connectivity index (χ1n) is 5.55. The average molecular weight is 211 g/mol. The Kier molecular flexibility index (Phi) is 4.78. The Morgan fingerprint density at radius 2 is 2.20 bits per heavy atom. The molecule has 4 heteroatoms. The van der Waals surface area contributed by atoms with E-state index in [0.29, 0.717) is 12.5 Å². The zero-order valence-corrected chi connectivity index (χ0v) is 9.77. The molecule has 1 aromatic heterocycles. The molecule has 0 radical (unpaired) electrons. The summed E-state index contributed by atoms with van der Waals surface area (Å²) in [6.45, 7) is 8.63. The molecule has 1 heterocycles. The molecule has 1 unspecified atom stereocenters. The van der Waals surface area contributed by atoms with Crippen LogP contribution in [-0.2, 0) is 6.54 Å².